The number of allylic oxidation sites excluding steroid dienone is 1. The number of rotatable bonds is 7. The van der Waals surface area contributed by atoms with E-state index in [4.69, 9.17) is 30.5 Å². The van der Waals surface area contributed by atoms with Crippen LogP contribution in [-0.2, 0) is 4.79 Å². The van der Waals surface area contributed by atoms with Gasteiger partial charge in [0.2, 0.25) is 5.78 Å². The summed E-state index contributed by atoms with van der Waals surface area (Å²) in [5.74, 6) is 1.75. The van der Waals surface area contributed by atoms with Crippen LogP contribution in [0.3, 0.4) is 0 Å². The van der Waals surface area contributed by atoms with Crippen molar-refractivity contribution in [3.63, 3.8) is 0 Å². The van der Waals surface area contributed by atoms with Gasteiger partial charge in [0, 0.05) is 30.0 Å². The third kappa shape index (κ3) is 4.28. The van der Waals surface area contributed by atoms with Crippen molar-refractivity contribution in [3.8, 4) is 23.0 Å². The molecule has 0 spiro atoms. The number of hydrogen-bond donors (Lipinski definition) is 0. The minimum Gasteiger partial charge on any atom is -0.497 e. The minimum atomic E-state index is -0.386. The molecule has 2 aromatic rings. The van der Waals surface area contributed by atoms with Crippen LogP contribution < -0.4 is 18.9 Å². The zero-order valence-corrected chi connectivity index (χ0v) is 16.2. The van der Waals surface area contributed by atoms with Crippen molar-refractivity contribution in [1.82, 2.24) is 0 Å². The molecule has 28 heavy (non-hydrogen) atoms. The molecule has 0 saturated carbocycles. The topological polar surface area (TPSA) is 71.1 Å². The van der Waals surface area contributed by atoms with Crippen molar-refractivity contribution in [2.24, 2.45) is 0 Å². The molecule has 0 unspecified atom stereocenters. The molecule has 0 amide bonds. The maximum Gasteiger partial charge on any atom is 0.311 e. The van der Waals surface area contributed by atoms with Gasteiger partial charge in [-0.25, -0.2) is 0 Å². The molecule has 146 valence electrons. The van der Waals surface area contributed by atoms with E-state index in [2.05, 4.69) is 0 Å². The number of Topliss-reactive ketones (excluding diaryl/α,β-unsaturated/α-hetero) is 1. The molecule has 0 aromatic heterocycles. The lowest BCUT2D eigenvalue weighted by Gasteiger charge is -2.08. The second-order valence-electron chi connectivity index (χ2n) is 5.97. The number of benzene rings is 2. The van der Waals surface area contributed by atoms with Gasteiger partial charge >= 0.3 is 5.97 Å². The molecule has 0 N–H and O–H groups in total. The quantitative estimate of drug-likeness (QED) is 0.298. The fourth-order valence-corrected chi connectivity index (χ4v) is 2.84. The van der Waals surface area contributed by atoms with Gasteiger partial charge in [0.05, 0.1) is 19.8 Å². The van der Waals surface area contributed by atoms with Crippen molar-refractivity contribution < 1.29 is 28.5 Å². The fraction of sp³-hybridized carbons (Fsp3) is 0.238. The summed E-state index contributed by atoms with van der Waals surface area (Å²) < 4.78 is 21.5. The van der Waals surface area contributed by atoms with Crippen LogP contribution in [0.1, 0.15) is 28.8 Å². The van der Waals surface area contributed by atoms with Crippen LogP contribution in [0.5, 0.6) is 23.0 Å². The van der Waals surface area contributed by atoms with E-state index in [-0.39, 0.29) is 23.9 Å². The first-order valence-corrected chi connectivity index (χ1v) is 9.16. The van der Waals surface area contributed by atoms with Gasteiger partial charge in [-0.05, 0) is 36.8 Å². The summed E-state index contributed by atoms with van der Waals surface area (Å²) in [7, 11) is 3.10. The van der Waals surface area contributed by atoms with E-state index in [0.717, 1.165) is 0 Å². The number of halogens is 1. The Labute approximate surface area is 167 Å². The highest BCUT2D eigenvalue weighted by molar-refractivity contribution is 6.18. The predicted molar refractivity (Wildman–Crippen MR) is 105 cm³/mol. The van der Waals surface area contributed by atoms with Crippen molar-refractivity contribution in [2.45, 2.75) is 12.8 Å². The smallest absolute Gasteiger partial charge is 0.311 e. The molecule has 3 rings (SSSR count). The number of carbonyl (C=O) groups is 2. The molecule has 2 aromatic carbocycles. The summed E-state index contributed by atoms with van der Waals surface area (Å²) in [6.07, 6.45) is 2.37. The number of alkyl halides is 1. The molecule has 0 bridgehead atoms. The van der Waals surface area contributed by atoms with Crippen LogP contribution in [0.4, 0.5) is 0 Å². The van der Waals surface area contributed by atoms with Crippen LogP contribution in [0.15, 0.2) is 42.2 Å². The Morgan fingerprint density at radius 1 is 1.11 bits per heavy atom. The number of hydrogen-bond acceptors (Lipinski definition) is 6. The Kier molecular flexibility index (Phi) is 6.21. The first-order valence-electron chi connectivity index (χ1n) is 8.62. The molecule has 1 aliphatic rings. The number of ether oxygens (including phenoxy) is 4. The fourth-order valence-electron chi connectivity index (χ4n) is 2.70. The second-order valence-corrected chi connectivity index (χ2v) is 6.35. The second kappa shape index (κ2) is 8.80. The third-order valence-corrected chi connectivity index (χ3v) is 4.38. The maximum atomic E-state index is 12.6. The van der Waals surface area contributed by atoms with Gasteiger partial charge in [0.1, 0.15) is 23.0 Å². The largest absolute Gasteiger partial charge is 0.497 e. The van der Waals surface area contributed by atoms with Crippen LogP contribution in [-0.4, -0.2) is 31.9 Å². The van der Waals surface area contributed by atoms with Crippen LogP contribution in [0, 0.1) is 0 Å². The highest BCUT2D eigenvalue weighted by Gasteiger charge is 2.28. The average Bonchev–Trinajstić information content (AvgIpc) is 3.01. The molecule has 0 atom stereocenters. The molecular weight excluding hydrogens is 384 g/mol. The Bertz CT molecular complexity index is 934. The third-order valence-electron chi connectivity index (χ3n) is 4.11. The first-order chi connectivity index (χ1) is 13.5. The Morgan fingerprint density at radius 2 is 1.89 bits per heavy atom. The molecular formula is C21H19ClO6. The summed E-state index contributed by atoms with van der Waals surface area (Å²) >= 11 is 5.57. The number of esters is 1. The van der Waals surface area contributed by atoms with E-state index < -0.39 is 0 Å². The first kappa shape index (κ1) is 19.8. The molecule has 1 aliphatic heterocycles. The average molecular weight is 403 g/mol. The highest BCUT2D eigenvalue weighted by atomic mass is 35.5. The van der Waals surface area contributed by atoms with E-state index in [0.29, 0.717) is 46.4 Å². The molecule has 0 fully saturated rings. The maximum absolute atomic E-state index is 12.6. The minimum absolute atomic E-state index is 0.157. The van der Waals surface area contributed by atoms with Gasteiger partial charge in [0.25, 0.3) is 0 Å². The van der Waals surface area contributed by atoms with Gasteiger partial charge < -0.3 is 18.9 Å². The van der Waals surface area contributed by atoms with E-state index >= 15 is 0 Å². The van der Waals surface area contributed by atoms with E-state index in [1.165, 1.54) is 13.2 Å². The SMILES string of the molecule is COc1ccc(C=C2Oc3cc(OC(=O)CCCCl)ccc3C2=O)c(OC)c1. The molecule has 1 heterocycles. The monoisotopic (exact) mass is 402 g/mol. The summed E-state index contributed by atoms with van der Waals surface area (Å²) in [5, 5.41) is 0. The predicted octanol–water partition coefficient (Wildman–Crippen LogP) is 4.24. The van der Waals surface area contributed by atoms with Gasteiger partial charge in [-0.2, -0.15) is 0 Å². The molecule has 0 saturated heterocycles. The summed E-state index contributed by atoms with van der Waals surface area (Å²) in [5.41, 5.74) is 1.08. The lowest BCUT2D eigenvalue weighted by Crippen LogP contribution is -2.07. The molecule has 0 radical (unpaired) electrons. The lowest BCUT2D eigenvalue weighted by atomic mass is 10.1. The lowest BCUT2D eigenvalue weighted by molar-refractivity contribution is -0.134. The van der Waals surface area contributed by atoms with Crippen LogP contribution >= 0.6 is 11.6 Å². The van der Waals surface area contributed by atoms with E-state index in [9.17, 15) is 9.59 Å². The Hall–Kier alpha value is -2.99. The number of carbonyl (C=O) groups excluding carboxylic acids is 2. The number of fused-ring (bicyclic) bond motifs is 1. The van der Waals surface area contributed by atoms with Crippen molar-refractivity contribution >= 4 is 29.4 Å². The molecule has 0 aliphatic carbocycles. The van der Waals surface area contributed by atoms with E-state index in [1.807, 2.05) is 0 Å². The summed E-state index contributed by atoms with van der Waals surface area (Å²) in [4.78, 5) is 24.4. The van der Waals surface area contributed by atoms with Crippen LogP contribution in [0.2, 0.25) is 0 Å². The number of methoxy groups -OCH3 is 2. The van der Waals surface area contributed by atoms with Gasteiger partial charge in [-0.3, -0.25) is 9.59 Å². The van der Waals surface area contributed by atoms with Crippen molar-refractivity contribution in [2.75, 3.05) is 20.1 Å². The standard InChI is InChI=1S/C21H19ClO6/c1-25-14-6-5-13(17(11-14)26-2)10-19-21(24)16-8-7-15(12-18(16)28-19)27-20(23)4-3-9-22/h5-8,10-12H,3-4,9H2,1-2H3. The molecule has 7 heteroatoms. The zero-order chi connectivity index (χ0) is 20.1. The molecule has 6 nitrogen and oxygen atoms in total. The van der Waals surface area contributed by atoms with Crippen molar-refractivity contribution in [3.05, 3.63) is 53.3 Å². The van der Waals surface area contributed by atoms with E-state index in [1.54, 1.807) is 43.5 Å². The Morgan fingerprint density at radius 3 is 2.61 bits per heavy atom. The highest BCUT2D eigenvalue weighted by Crippen LogP contribution is 2.36. The van der Waals surface area contributed by atoms with Crippen LogP contribution in [0.25, 0.3) is 6.08 Å². The normalized spacial score (nSPS) is 13.8. The zero-order valence-electron chi connectivity index (χ0n) is 15.5. The van der Waals surface area contributed by atoms with Gasteiger partial charge in [-0.15, -0.1) is 11.6 Å². The van der Waals surface area contributed by atoms with Gasteiger partial charge in [-0.1, -0.05) is 0 Å². The number of ketones is 1. The summed E-state index contributed by atoms with van der Waals surface area (Å²) in [6, 6.07) is 9.92. The Balaban J connectivity index is 1.82. The summed E-state index contributed by atoms with van der Waals surface area (Å²) in [6.45, 7) is 0. The van der Waals surface area contributed by atoms with Gasteiger partial charge in [0.15, 0.2) is 5.76 Å². The van der Waals surface area contributed by atoms with Crippen molar-refractivity contribution in [1.29, 1.82) is 0 Å².